The molecule has 0 bridgehead atoms. The third-order valence-corrected chi connectivity index (χ3v) is 2.84. The van der Waals surface area contributed by atoms with Crippen LogP contribution in [0.1, 0.15) is 21.7 Å². The highest BCUT2D eigenvalue weighted by Crippen LogP contribution is 2.03. The molecule has 6 nitrogen and oxygen atoms in total. The van der Waals surface area contributed by atoms with Gasteiger partial charge in [-0.25, -0.2) is 4.98 Å². The molecule has 2 heterocycles. The number of likely N-dealkylation sites (N-methyl/N-ethyl adjacent to an activating group) is 1. The third-order valence-electron chi connectivity index (χ3n) is 2.84. The highest BCUT2D eigenvalue weighted by Gasteiger charge is 2.13. The van der Waals surface area contributed by atoms with Gasteiger partial charge in [-0.3, -0.25) is 14.5 Å². The van der Waals surface area contributed by atoms with E-state index in [0.717, 1.165) is 17.7 Å². The second-order valence-electron chi connectivity index (χ2n) is 4.54. The number of aryl methyl sites for hydroxylation is 2. The van der Waals surface area contributed by atoms with E-state index in [0.29, 0.717) is 12.2 Å². The minimum atomic E-state index is -0.114. The first-order chi connectivity index (χ1) is 9.06. The average Bonchev–Trinajstić information content (AvgIpc) is 2.82. The van der Waals surface area contributed by atoms with Crippen LogP contribution in [0.3, 0.4) is 0 Å². The summed E-state index contributed by atoms with van der Waals surface area (Å²) in [5.74, 6) is -0.114. The van der Waals surface area contributed by atoms with E-state index >= 15 is 0 Å². The summed E-state index contributed by atoms with van der Waals surface area (Å²) in [6, 6.07) is 0. The zero-order valence-electron chi connectivity index (χ0n) is 11.4. The monoisotopic (exact) mass is 259 g/mol. The summed E-state index contributed by atoms with van der Waals surface area (Å²) >= 11 is 0. The summed E-state index contributed by atoms with van der Waals surface area (Å²) < 4.78 is 1.75. The molecule has 0 aromatic carbocycles. The Morgan fingerprint density at radius 1 is 1.32 bits per heavy atom. The lowest BCUT2D eigenvalue weighted by atomic mass is 10.2. The molecule has 0 atom stereocenters. The molecule has 0 fully saturated rings. The van der Waals surface area contributed by atoms with Crippen LogP contribution in [0.15, 0.2) is 24.8 Å². The number of hydrogen-bond acceptors (Lipinski definition) is 4. The Morgan fingerprint density at radius 3 is 2.68 bits per heavy atom. The zero-order valence-corrected chi connectivity index (χ0v) is 11.4. The predicted octanol–water partition coefficient (Wildman–Crippen LogP) is 0.833. The first kappa shape index (κ1) is 13.2. The van der Waals surface area contributed by atoms with Gasteiger partial charge in [0.25, 0.3) is 5.91 Å². The predicted molar refractivity (Wildman–Crippen MR) is 70.6 cm³/mol. The maximum atomic E-state index is 12.1. The van der Waals surface area contributed by atoms with Crippen molar-refractivity contribution in [3.8, 4) is 0 Å². The van der Waals surface area contributed by atoms with Crippen LogP contribution in [0.25, 0.3) is 0 Å². The Bertz CT molecular complexity index is 561. The van der Waals surface area contributed by atoms with Crippen LogP contribution in [0, 0.1) is 6.92 Å². The largest absolute Gasteiger partial charge is 0.340 e. The summed E-state index contributed by atoms with van der Waals surface area (Å²) in [5.41, 5.74) is 2.28. The van der Waals surface area contributed by atoms with Crippen molar-refractivity contribution in [2.75, 3.05) is 13.6 Å². The molecule has 6 heteroatoms. The number of carbonyl (C=O) groups is 1. The quantitative estimate of drug-likeness (QED) is 0.816. The molecule has 2 aromatic rings. The molecule has 2 rings (SSSR count). The van der Waals surface area contributed by atoms with E-state index in [1.54, 1.807) is 22.8 Å². The number of carbonyl (C=O) groups excluding carboxylic acids is 1. The second-order valence-corrected chi connectivity index (χ2v) is 4.54. The van der Waals surface area contributed by atoms with E-state index in [-0.39, 0.29) is 5.91 Å². The maximum absolute atomic E-state index is 12.1. The summed E-state index contributed by atoms with van der Waals surface area (Å²) in [5, 5.41) is 4.10. The fourth-order valence-corrected chi connectivity index (χ4v) is 1.70. The number of rotatable bonds is 4. The lowest BCUT2D eigenvalue weighted by Gasteiger charge is -2.15. The van der Waals surface area contributed by atoms with Crippen molar-refractivity contribution in [2.24, 2.45) is 7.05 Å². The fraction of sp³-hybridized carbons (Fsp3) is 0.385. The van der Waals surface area contributed by atoms with Crippen LogP contribution < -0.4 is 0 Å². The lowest BCUT2D eigenvalue weighted by molar-refractivity contribution is 0.0790. The Balaban J connectivity index is 1.94. The molecule has 0 unspecified atom stereocenters. The van der Waals surface area contributed by atoms with Crippen LogP contribution >= 0.6 is 0 Å². The van der Waals surface area contributed by atoms with E-state index in [2.05, 4.69) is 15.1 Å². The van der Waals surface area contributed by atoms with Crippen molar-refractivity contribution in [3.63, 3.8) is 0 Å². The highest BCUT2D eigenvalue weighted by atomic mass is 16.2. The van der Waals surface area contributed by atoms with E-state index in [9.17, 15) is 4.79 Å². The zero-order chi connectivity index (χ0) is 13.8. The summed E-state index contributed by atoms with van der Waals surface area (Å²) in [4.78, 5) is 21.9. The highest BCUT2D eigenvalue weighted by molar-refractivity contribution is 5.91. The van der Waals surface area contributed by atoms with Gasteiger partial charge in [0.1, 0.15) is 5.69 Å². The minimum Gasteiger partial charge on any atom is -0.340 e. The number of nitrogens with zero attached hydrogens (tertiary/aromatic N) is 5. The molecule has 100 valence electrons. The van der Waals surface area contributed by atoms with Gasteiger partial charge in [0.15, 0.2) is 0 Å². The Morgan fingerprint density at radius 2 is 2.11 bits per heavy atom. The number of hydrogen-bond donors (Lipinski definition) is 0. The van der Waals surface area contributed by atoms with Crippen LogP contribution in [0.5, 0.6) is 0 Å². The van der Waals surface area contributed by atoms with E-state index in [1.165, 1.54) is 6.20 Å². The molecule has 0 saturated carbocycles. The maximum Gasteiger partial charge on any atom is 0.273 e. The van der Waals surface area contributed by atoms with Gasteiger partial charge in [0.2, 0.25) is 0 Å². The van der Waals surface area contributed by atoms with E-state index in [4.69, 9.17) is 0 Å². The van der Waals surface area contributed by atoms with Gasteiger partial charge in [0.05, 0.1) is 18.1 Å². The van der Waals surface area contributed by atoms with Gasteiger partial charge in [-0.15, -0.1) is 0 Å². The van der Waals surface area contributed by atoms with Crippen molar-refractivity contribution < 1.29 is 4.79 Å². The topological polar surface area (TPSA) is 63.9 Å². The molecule has 0 aliphatic rings. The minimum absolute atomic E-state index is 0.114. The van der Waals surface area contributed by atoms with Crippen molar-refractivity contribution in [1.82, 2.24) is 24.6 Å². The van der Waals surface area contributed by atoms with Gasteiger partial charge < -0.3 is 4.90 Å². The van der Waals surface area contributed by atoms with Crippen molar-refractivity contribution >= 4 is 5.91 Å². The first-order valence-electron chi connectivity index (χ1n) is 6.08. The standard InChI is InChI=1S/C13H17N5O/c1-10-6-15-12(8-14-10)13(19)17(2)5-4-11-7-16-18(3)9-11/h6-9H,4-5H2,1-3H3. The van der Waals surface area contributed by atoms with Crippen molar-refractivity contribution in [2.45, 2.75) is 13.3 Å². The molecule has 0 N–H and O–H groups in total. The molecule has 2 aromatic heterocycles. The van der Waals surface area contributed by atoms with Crippen molar-refractivity contribution in [1.29, 1.82) is 0 Å². The Hall–Kier alpha value is -2.24. The van der Waals surface area contributed by atoms with Crippen LogP contribution in [0.4, 0.5) is 0 Å². The molecule has 0 radical (unpaired) electrons. The molecule has 19 heavy (non-hydrogen) atoms. The number of aromatic nitrogens is 4. The molecule has 0 aliphatic heterocycles. The Kier molecular flexibility index (Phi) is 3.89. The average molecular weight is 259 g/mol. The van der Waals surface area contributed by atoms with Gasteiger partial charge in [-0.1, -0.05) is 0 Å². The third kappa shape index (κ3) is 3.37. The van der Waals surface area contributed by atoms with Crippen LogP contribution in [-0.4, -0.2) is 44.1 Å². The van der Waals surface area contributed by atoms with Crippen LogP contribution in [0.2, 0.25) is 0 Å². The molecular weight excluding hydrogens is 242 g/mol. The normalized spacial score (nSPS) is 10.5. The molecular formula is C13H17N5O. The first-order valence-corrected chi connectivity index (χ1v) is 6.08. The van der Waals surface area contributed by atoms with Gasteiger partial charge >= 0.3 is 0 Å². The summed E-state index contributed by atoms with van der Waals surface area (Å²) in [6.45, 7) is 2.47. The molecule has 0 aliphatic carbocycles. The van der Waals surface area contributed by atoms with Gasteiger partial charge in [-0.05, 0) is 18.9 Å². The van der Waals surface area contributed by atoms with E-state index in [1.807, 2.05) is 26.4 Å². The lowest BCUT2D eigenvalue weighted by Crippen LogP contribution is -2.29. The summed E-state index contributed by atoms with van der Waals surface area (Å²) in [7, 11) is 3.64. The fourth-order valence-electron chi connectivity index (χ4n) is 1.70. The SMILES string of the molecule is Cc1cnc(C(=O)N(C)CCc2cnn(C)c2)cn1. The smallest absolute Gasteiger partial charge is 0.273 e. The molecule has 0 spiro atoms. The van der Waals surface area contributed by atoms with Gasteiger partial charge in [-0.2, -0.15) is 5.10 Å². The second kappa shape index (κ2) is 5.60. The summed E-state index contributed by atoms with van der Waals surface area (Å²) in [6.07, 6.45) is 7.64. The Labute approximate surface area is 112 Å². The van der Waals surface area contributed by atoms with Crippen molar-refractivity contribution in [3.05, 3.63) is 41.7 Å². The molecule has 0 saturated heterocycles. The number of amides is 1. The van der Waals surface area contributed by atoms with Gasteiger partial charge in [0, 0.05) is 33.0 Å². The van der Waals surface area contributed by atoms with Crippen LogP contribution in [-0.2, 0) is 13.5 Å². The van der Waals surface area contributed by atoms with E-state index < -0.39 is 0 Å². The molecule has 1 amide bonds.